The molecular formula is C18H15N3S. The minimum atomic E-state index is 0.547. The normalized spacial score (nSPS) is 11.1. The SMILES string of the molecule is Cn1ccc2cc(-c3ccc(N)nc3-c3ccsc3)ccc21. The molecule has 0 aliphatic carbocycles. The third-order valence-corrected chi connectivity index (χ3v) is 4.59. The molecule has 3 aromatic heterocycles. The van der Waals surface area contributed by atoms with E-state index in [9.17, 15) is 0 Å². The van der Waals surface area contributed by atoms with Crippen LogP contribution in [0.25, 0.3) is 33.3 Å². The van der Waals surface area contributed by atoms with Crippen LogP contribution in [0.2, 0.25) is 0 Å². The van der Waals surface area contributed by atoms with E-state index in [1.54, 1.807) is 11.3 Å². The third kappa shape index (κ3) is 2.09. The summed E-state index contributed by atoms with van der Waals surface area (Å²) in [4.78, 5) is 4.56. The molecule has 108 valence electrons. The molecule has 0 bridgehead atoms. The number of nitrogens with zero attached hydrogens (tertiary/aromatic N) is 2. The van der Waals surface area contributed by atoms with Crippen molar-refractivity contribution >= 4 is 28.1 Å². The zero-order valence-electron chi connectivity index (χ0n) is 12.2. The molecule has 0 spiro atoms. The summed E-state index contributed by atoms with van der Waals surface area (Å²) in [5.41, 5.74) is 11.4. The summed E-state index contributed by atoms with van der Waals surface area (Å²) in [6, 6.07) is 14.6. The molecule has 4 aromatic rings. The molecule has 0 saturated heterocycles. The molecule has 1 aromatic carbocycles. The lowest BCUT2D eigenvalue weighted by molar-refractivity contribution is 0.969. The van der Waals surface area contributed by atoms with E-state index in [0.717, 1.165) is 22.4 Å². The van der Waals surface area contributed by atoms with Gasteiger partial charge in [0.15, 0.2) is 0 Å². The molecular weight excluding hydrogens is 290 g/mol. The first-order valence-corrected chi connectivity index (χ1v) is 8.01. The summed E-state index contributed by atoms with van der Waals surface area (Å²) in [6.45, 7) is 0. The predicted molar refractivity (Wildman–Crippen MR) is 93.9 cm³/mol. The van der Waals surface area contributed by atoms with Crippen molar-refractivity contribution in [3.05, 3.63) is 59.4 Å². The van der Waals surface area contributed by atoms with E-state index in [1.807, 2.05) is 6.07 Å². The number of thiophene rings is 1. The molecule has 4 heteroatoms. The topological polar surface area (TPSA) is 43.8 Å². The van der Waals surface area contributed by atoms with Gasteiger partial charge < -0.3 is 10.3 Å². The summed E-state index contributed by atoms with van der Waals surface area (Å²) in [7, 11) is 2.06. The van der Waals surface area contributed by atoms with Crippen LogP contribution in [0.1, 0.15) is 0 Å². The van der Waals surface area contributed by atoms with Crippen LogP contribution in [0.5, 0.6) is 0 Å². The highest BCUT2D eigenvalue weighted by Gasteiger charge is 2.11. The van der Waals surface area contributed by atoms with E-state index < -0.39 is 0 Å². The van der Waals surface area contributed by atoms with Gasteiger partial charge in [-0.25, -0.2) is 4.98 Å². The third-order valence-electron chi connectivity index (χ3n) is 3.91. The molecule has 2 N–H and O–H groups in total. The highest BCUT2D eigenvalue weighted by molar-refractivity contribution is 7.08. The number of nitrogen functional groups attached to an aromatic ring is 1. The number of hydrogen-bond donors (Lipinski definition) is 1. The first kappa shape index (κ1) is 13.1. The predicted octanol–water partition coefficient (Wildman–Crippen LogP) is 4.55. The van der Waals surface area contributed by atoms with Crippen LogP contribution in [0.3, 0.4) is 0 Å². The van der Waals surface area contributed by atoms with Gasteiger partial charge in [-0.05, 0) is 47.3 Å². The van der Waals surface area contributed by atoms with Gasteiger partial charge in [-0.15, -0.1) is 0 Å². The van der Waals surface area contributed by atoms with Gasteiger partial charge in [0.1, 0.15) is 5.82 Å². The summed E-state index contributed by atoms with van der Waals surface area (Å²) >= 11 is 1.67. The molecule has 22 heavy (non-hydrogen) atoms. The van der Waals surface area contributed by atoms with E-state index in [1.165, 1.54) is 10.9 Å². The number of hydrogen-bond acceptors (Lipinski definition) is 3. The second kappa shape index (κ2) is 5.00. The number of aromatic nitrogens is 2. The zero-order chi connectivity index (χ0) is 15.1. The maximum Gasteiger partial charge on any atom is 0.124 e. The average Bonchev–Trinajstić information content (AvgIpc) is 3.17. The lowest BCUT2D eigenvalue weighted by Crippen LogP contribution is -1.94. The van der Waals surface area contributed by atoms with Crippen molar-refractivity contribution in [2.75, 3.05) is 5.73 Å². The number of benzene rings is 1. The zero-order valence-corrected chi connectivity index (χ0v) is 13.0. The largest absolute Gasteiger partial charge is 0.384 e. The van der Waals surface area contributed by atoms with Crippen molar-refractivity contribution in [1.82, 2.24) is 9.55 Å². The Kier molecular flexibility index (Phi) is 2.98. The Morgan fingerprint density at radius 1 is 1.05 bits per heavy atom. The molecule has 0 aliphatic rings. The number of anilines is 1. The van der Waals surface area contributed by atoms with Gasteiger partial charge in [0, 0.05) is 40.7 Å². The molecule has 0 atom stereocenters. The van der Waals surface area contributed by atoms with Crippen LogP contribution in [0.15, 0.2) is 59.4 Å². The Balaban J connectivity index is 1.94. The van der Waals surface area contributed by atoms with Crippen LogP contribution in [-0.2, 0) is 7.05 Å². The quantitative estimate of drug-likeness (QED) is 0.590. The number of rotatable bonds is 2. The van der Waals surface area contributed by atoms with Gasteiger partial charge in [-0.2, -0.15) is 11.3 Å². The van der Waals surface area contributed by atoms with E-state index in [4.69, 9.17) is 5.73 Å². The van der Waals surface area contributed by atoms with Gasteiger partial charge in [-0.3, -0.25) is 0 Å². The molecule has 0 amide bonds. The van der Waals surface area contributed by atoms with Gasteiger partial charge >= 0.3 is 0 Å². The molecule has 3 nitrogen and oxygen atoms in total. The van der Waals surface area contributed by atoms with Gasteiger partial charge in [0.05, 0.1) is 5.69 Å². The van der Waals surface area contributed by atoms with Crippen LogP contribution >= 0.6 is 11.3 Å². The standard InChI is InChI=1S/C18H15N3S/c1-21-8-6-13-10-12(2-4-16(13)21)15-3-5-17(19)20-18(15)14-7-9-22-11-14/h2-11H,1H3,(H2,19,20). The molecule has 0 radical (unpaired) electrons. The molecule has 0 aliphatic heterocycles. The van der Waals surface area contributed by atoms with Crippen molar-refractivity contribution in [2.45, 2.75) is 0 Å². The van der Waals surface area contributed by atoms with Crippen LogP contribution in [-0.4, -0.2) is 9.55 Å². The van der Waals surface area contributed by atoms with Crippen LogP contribution in [0.4, 0.5) is 5.82 Å². The minimum absolute atomic E-state index is 0.547. The molecule has 0 unspecified atom stereocenters. The summed E-state index contributed by atoms with van der Waals surface area (Å²) in [6.07, 6.45) is 2.08. The van der Waals surface area contributed by atoms with E-state index in [2.05, 4.69) is 70.0 Å². The number of fused-ring (bicyclic) bond motifs is 1. The summed E-state index contributed by atoms with van der Waals surface area (Å²) in [5.74, 6) is 0.547. The fourth-order valence-electron chi connectivity index (χ4n) is 2.78. The number of aryl methyl sites for hydroxylation is 1. The number of nitrogens with two attached hydrogens (primary N) is 1. The van der Waals surface area contributed by atoms with Crippen LogP contribution < -0.4 is 5.73 Å². The fourth-order valence-corrected chi connectivity index (χ4v) is 3.42. The maximum atomic E-state index is 5.89. The second-order valence-corrected chi connectivity index (χ2v) is 6.12. The van der Waals surface area contributed by atoms with Crippen molar-refractivity contribution in [3.8, 4) is 22.4 Å². The molecule has 3 heterocycles. The smallest absolute Gasteiger partial charge is 0.124 e. The monoisotopic (exact) mass is 305 g/mol. The minimum Gasteiger partial charge on any atom is -0.384 e. The first-order chi connectivity index (χ1) is 10.7. The van der Waals surface area contributed by atoms with Crippen molar-refractivity contribution in [2.24, 2.45) is 7.05 Å². The van der Waals surface area contributed by atoms with Gasteiger partial charge in [0.25, 0.3) is 0 Å². The van der Waals surface area contributed by atoms with Crippen molar-refractivity contribution < 1.29 is 0 Å². The van der Waals surface area contributed by atoms with Crippen LogP contribution in [0, 0.1) is 0 Å². The van der Waals surface area contributed by atoms with Crippen molar-refractivity contribution in [1.29, 1.82) is 0 Å². The Hall–Kier alpha value is -2.59. The molecule has 4 rings (SSSR count). The van der Waals surface area contributed by atoms with Gasteiger partial charge in [-0.1, -0.05) is 6.07 Å². The first-order valence-electron chi connectivity index (χ1n) is 7.07. The van der Waals surface area contributed by atoms with Gasteiger partial charge in [0.2, 0.25) is 0 Å². The van der Waals surface area contributed by atoms with E-state index in [0.29, 0.717) is 5.82 Å². The average molecular weight is 305 g/mol. The summed E-state index contributed by atoms with van der Waals surface area (Å²) < 4.78 is 2.13. The molecule has 0 fully saturated rings. The maximum absolute atomic E-state index is 5.89. The Morgan fingerprint density at radius 3 is 2.77 bits per heavy atom. The Morgan fingerprint density at radius 2 is 1.95 bits per heavy atom. The highest BCUT2D eigenvalue weighted by atomic mass is 32.1. The van der Waals surface area contributed by atoms with E-state index in [-0.39, 0.29) is 0 Å². The Bertz CT molecular complexity index is 952. The fraction of sp³-hybridized carbons (Fsp3) is 0.0556. The lowest BCUT2D eigenvalue weighted by Gasteiger charge is -2.09. The second-order valence-electron chi connectivity index (χ2n) is 5.34. The number of pyridine rings is 1. The lowest BCUT2D eigenvalue weighted by atomic mass is 9.99. The van der Waals surface area contributed by atoms with Crippen molar-refractivity contribution in [3.63, 3.8) is 0 Å². The Labute approximate surface area is 132 Å². The highest BCUT2D eigenvalue weighted by Crippen LogP contribution is 2.34. The summed E-state index contributed by atoms with van der Waals surface area (Å²) in [5, 5.41) is 5.39. The molecule has 0 saturated carbocycles. The van der Waals surface area contributed by atoms with E-state index >= 15 is 0 Å².